The second kappa shape index (κ2) is 2.65. The molecule has 0 saturated heterocycles. The van der Waals surface area contributed by atoms with Crippen LogP contribution < -0.4 is 16.4 Å². The summed E-state index contributed by atoms with van der Waals surface area (Å²) in [6.45, 7) is 2.03. The van der Waals surface area contributed by atoms with Crippen molar-refractivity contribution in [2.75, 3.05) is 16.4 Å². The zero-order valence-electron chi connectivity index (χ0n) is 7.39. The number of hydrogen-bond acceptors (Lipinski definition) is 4. The van der Waals surface area contributed by atoms with Crippen molar-refractivity contribution in [1.29, 1.82) is 5.41 Å². The van der Waals surface area contributed by atoms with Gasteiger partial charge in [0.05, 0.1) is 17.5 Å². The Labute approximate surface area is 76.6 Å². The van der Waals surface area contributed by atoms with Crippen LogP contribution in [0, 0.1) is 5.41 Å². The highest BCUT2D eigenvalue weighted by Crippen LogP contribution is 2.32. The molecule has 13 heavy (non-hydrogen) atoms. The Kier molecular flexibility index (Phi) is 1.62. The van der Waals surface area contributed by atoms with Crippen molar-refractivity contribution in [3.63, 3.8) is 0 Å². The number of rotatable bonds is 1. The fourth-order valence-corrected chi connectivity index (χ4v) is 1.50. The lowest BCUT2D eigenvalue weighted by Crippen LogP contribution is -2.16. The summed E-state index contributed by atoms with van der Waals surface area (Å²) in [5, 5.41) is 13.6. The van der Waals surface area contributed by atoms with Crippen molar-refractivity contribution in [3.05, 3.63) is 17.7 Å². The first-order valence-corrected chi connectivity index (χ1v) is 4.18. The van der Waals surface area contributed by atoms with Gasteiger partial charge in [0.2, 0.25) is 0 Å². The Morgan fingerprint density at radius 2 is 2.00 bits per heavy atom. The van der Waals surface area contributed by atoms with E-state index in [-0.39, 0.29) is 6.17 Å². The van der Waals surface area contributed by atoms with Crippen molar-refractivity contribution < 1.29 is 0 Å². The Balaban J connectivity index is 2.50. The molecule has 1 unspecified atom stereocenters. The van der Waals surface area contributed by atoms with Crippen LogP contribution in [-0.4, -0.2) is 12.4 Å². The lowest BCUT2D eigenvalue weighted by Gasteiger charge is -2.03. The van der Waals surface area contributed by atoms with Gasteiger partial charge in [0.1, 0.15) is 0 Å². The largest absolute Gasteiger partial charge is 0.398 e. The summed E-state index contributed by atoms with van der Waals surface area (Å²) < 4.78 is 0. The topological polar surface area (TPSA) is 73.9 Å². The molecular formula is C9H12N4. The van der Waals surface area contributed by atoms with E-state index >= 15 is 0 Å². The van der Waals surface area contributed by atoms with E-state index in [1.54, 1.807) is 0 Å². The third-order valence-electron chi connectivity index (χ3n) is 2.12. The number of fused-ring (bicyclic) bond motifs is 1. The van der Waals surface area contributed by atoms with Crippen LogP contribution in [0.3, 0.4) is 0 Å². The van der Waals surface area contributed by atoms with Gasteiger partial charge in [-0.3, -0.25) is 0 Å². The van der Waals surface area contributed by atoms with Crippen molar-refractivity contribution in [1.82, 2.24) is 0 Å². The quantitative estimate of drug-likeness (QED) is 0.386. The molecular weight excluding hydrogens is 164 g/mol. The minimum atomic E-state index is 0.232. The number of benzene rings is 1. The second-order valence-electron chi connectivity index (χ2n) is 3.18. The maximum Gasteiger partial charge on any atom is 0.0935 e. The Morgan fingerprint density at radius 1 is 1.38 bits per heavy atom. The van der Waals surface area contributed by atoms with Crippen molar-refractivity contribution in [3.8, 4) is 0 Å². The predicted octanol–water partition coefficient (Wildman–Crippen LogP) is 1.45. The van der Waals surface area contributed by atoms with Gasteiger partial charge in [0, 0.05) is 17.5 Å². The molecule has 1 heterocycles. The van der Waals surface area contributed by atoms with E-state index in [0.29, 0.717) is 5.69 Å². The first-order chi connectivity index (χ1) is 6.20. The number of nitrogen functional groups attached to an aromatic ring is 1. The molecule has 0 radical (unpaired) electrons. The monoisotopic (exact) mass is 176 g/mol. The fraction of sp³-hybridized carbons (Fsp3) is 0.222. The molecule has 0 spiro atoms. The minimum Gasteiger partial charge on any atom is -0.398 e. The fourth-order valence-electron chi connectivity index (χ4n) is 1.50. The molecule has 5 N–H and O–H groups in total. The standard InChI is InChI=1S/C9H12N4/c1-5-12-8-2-6(4-10)7(11)3-9(8)13-5/h2-5,10,12-13H,11H2,1H3. The third-order valence-corrected chi connectivity index (χ3v) is 2.12. The van der Waals surface area contributed by atoms with Crippen LogP contribution in [0.15, 0.2) is 12.1 Å². The summed E-state index contributed by atoms with van der Waals surface area (Å²) in [7, 11) is 0. The highest BCUT2D eigenvalue weighted by atomic mass is 15.2. The Bertz CT molecular complexity index is 359. The highest BCUT2D eigenvalue weighted by Gasteiger charge is 2.16. The first kappa shape index (κ1) is 7.91. The van der Waals surface area contributed by atoms with Crippen LogP contribution >= 0.6 is 0 Å². The van der Waals surface area contributed by atoms with Gasteiger partial charge < -0.3 is 21.8 Å². The molecule has 4 heteroatoms. The molecule has 0 amide bonds. The minimum absolute atomic E-state index is 0.232. The van der Waals surface area contributed by atoms with Gasteiger partial charge in [-0.05, 0) is 19.1 Å². The molecule has 68 valence electrons. The summed E-state index contributed by atoms with van der Waals surface area (Å²) in [5.74, 6) is 0. The normalized spacial score (nSPS) is 18.7. The van der Waals surface area contributed by atoms with Crippen LogP contribution in [0.1, 0.15) is 12.5 Å². The molecule has 0 bridgehead atoms. The summed E-state index contributed by atoms with van der Waals surface area (Å²) in [6.07, 6.45) is 1.50. The van der Waals surface area contributed by atoms with Gasteiger partial charge in [-0.25, -0.2) is 0 Å². The Morgan fingerprint density at radius 3 is 2.62 bits per heavy atom. The maximum atomic E-state index is 7.14. The number of nitrogens with two attached hydrogens (primary N) is 1. The van der Waals surface area contributed by atoms with E-state index in [0.717, 1.165) is 16.9 Å². The molecule has 1 aromatic rings. The molecule has 1 aromatic carbocycles. The molecule has 0 aliphatic carbocycles. The summed E-state index contributed by atoms with van der Waals surface area (Å²) in [4.78, 5) is 0. The first-order valence-electron chi connectivity index (χ1n) is 4.18. The molecule has 1 aliphatic heterocycles. The average Bonchev–Trinajstić information content (AvgIpc) is 2.42. The van der Waals surface area contributed by atoms with Crippen LogP contribution in [0.2, 0.25) is 0 Å². The smallest absolute Gasteiger partial charge is 0.0935 e. The van der Waals surface area contributed by atoms with Gasteiger partial charge in [-0.15, -0.1) is 0 Å². The van der Waals surface area contributed by atoms with Crippen LogP contribution in [0.5, 0.6) is 0 Å². The number of nitrogens with one attached hydrogen (secondary N) is 3. The van der Waals surface area contributed by atoms with Gasteiger partial charge in [0.15, 0.2) is 0 Å². The number of hydrogen-bond donors (Lipinski definition) is 4. The van der Waals surface area contributed by atoms with Gasteiger partial charge in [-0.2, -0.15) is 0 Å². The van der Waals surface area contributed by atoms with Crippen LogP contribution in [0.25, 0.3) is 0 Å². The van der Waals surface area contributed by atoms with E-state index < -0.39 is 0 Å². The molecule has 4 nitrogen and oxygen atoms in total. The van der Waals surface area contributed by atoms with E-state index in [1.807, 2.05) is 19.1 Å². The predicted molar refractivity (Wildman–Crippen MR) is 55.4 cm³/mol. The van der Waals surface area contributed by atoms with Gasteiger partial charge >= 0.3 is 0 Å². The van der Waals surface area contributed by atoms with E-state index in [4.69, 9.17) is 11.1 Å². The zero-order valence-corrected chi connectivity index (χ0v) is 7.39. The van der Waals surface area contributed by atoms with Crippen molar-refractivity contribution in [2.45, 2.75) is 13.1 Å². The summed E-state index contributed by atoms with van der Waals surface area (Å²) in [5.41, 5.74) is 9.14. The zero-order chi connectivity index (χ0) is 9.42. The van der Waals surface area contributed by atoms with Crippen LogP contribution in [-0.2, 0) is 0 Å². The lowest BCUT2D eigenvalue weighted by atomic mass is 10.1. The third kappa shape index (κ3) is 1.20. The molecule has 1 atom stereocenters. The van der Waals surface area contributed by atoms with E-state index in [2.05, 4.69) is 10.6 Å². The number of anilines is 3. The van der Waals surface area contributed by atoms with Crippen LogP contribution in [0.4, 0.5) is 17.1 Å². The molecule has 0 fully saturated rings. The SMILES string of the molecule is CC1Nc2cc(N)c(C=N)cc2N1. The second-order valence-corrected chi connectivity index (χ2v) is 3.18. The van der Waals surface area contributed by atoms with Gasteiger partial charge in [0.25, 0.3) is 0 Å². The summed E-state index contributed by atoms with van der Waals surface area (Å²) in [6, 6.07) is 3.74. The molecule has 1 aliphatic rings. The molecule has 0 aromatic heterocycles. The molecule has 2 rings (SSSR count). The summed E-state index contributed by atoms with van der Waals surface area (Å²) >= 11 is 0. The average molecular weight is 176 g/mol. The van der Waals surface area contributed by atoms with Crippen molar-refractivity contribution in [2.24, 2.45) is 0 Å². The highest BCUT2D eigenvalue weighted by molar-refractivity contribution is 5.91. The van der Waals surface area contributed by atoms with Crippen molar-refractivity contribution >= 4 is 23.3 Å². The molecule has 0 saturated carbocycles. The lowest BCUT2D eigenvalue weighted by molar-refractivity contribution is 0.956. The Hall–Kier alpha value is -1.71. The van der Waals surface area contributed by atoms with E-state index in [1.165, 1.54) is 6.21 Å². The maximum absolute atomic E-state index is 7.14. The van der Waals surface area contributed by atoms with Gasteiger partial charge in [-0.1, -0.05) is 0 Å². The van der Waals surface area contributed by atoms with E-state index in [9.17, 15) is 0 Å².